The van der Waals surface area contributed by atoms with Crippen LogP contribution in [0.4, 0.5) is 0 Å². The van der Waals surface area contributed by atoms with E-state index in [1.54, 1.807) is 0 Å². The number of unbranched alkanes of at least 4 members (excludes halogenated alkanes) is 1. The zero-order valence-corrected chi connectivity index (χ0v) is 8.13. The van der Waals surface area contributed by atoms with E-state index in [-0.39, 0.29) is 0 Å². The van der Waals surface area contributed by atoms with Gasteiger partial charge in [-0.25, -0.2) is 0 Å². The highest BCUT2D eigenvalue weighted by Gasteiger charge is 2.08. The van der Waals surface area contributed by atoms with E-state index >= 15 is 0 Å². The summed E-state index contributed by atoms with van der Waals surface area (Å²) in [4.78, 5) is 0. The maximum atomic E-state index is 8.33. The highest BCUT2D eigenvalue weighted by atomic mass is 14.8. The highest BCUT2D eigenvalue weighted by molar-refractivity contribution is 4.90. The van der Waals surface area contributed by atoms with Gasteiger partial charge in [-0.05, 0) is 44.7 Å². The van der Waals surface area contributed by atoms with Crippen molar-refractivity contribution in [2.75, 3.05) is 13.1 Å². The predicted molar refractivity (Wildman–Crippen MR) is 54.2 cm³/mol. The first kappa shape index (κ1) is 10.3. The lowest BCUT2D eigenvalue weighted by atomic mass is 9.94. The monoisotopic (exact) mass is 178 g/mol. The second-order valence-corrected chi connectivity index (χ2v) is 3.62. The van der Waals surface area contributed by atoms with E-state index in [9.17, 15) is 0 Å². The molecule has 0 aliphatic heterocycles. The smallest absolute Gasteiger partial charge is 0.0622 e. The van der Waals surface area contributed by atoms with Gasteiger partial charge in [-0.2, -0.15) is 5.26 Å². The number of nitrogens with zero attached hydrogens (tertiary/aromatic N) is 1. The maximum absolute atomic E-state index is 8.33. The Morgan fingerprint density at radius 2 is 2.38 bits per heavy atom. The van der Waals surface area contributed by atoms with Crippen LogP contribution in [0.25, 0.3) is 0 Å². The largest absolute Gasteiger partial charge is 0.316 e. The van der Waals surface area contributed by atoms with Crippen molar-refractivity contribution in [3.05, 3.63) is 12.2 Å². The Labute approximate surface area is 80.6 Å². The normalized spacial score (nSPS) is 21.3. The van der Waals surface area contributed by atoms with Crippen molar-refractivity contribution in [2.24, 2.45) is 5.92 Å². The molecule has 0 aromatic rings. The minimum Gasteiger partial charge on any atom is -0.316 e. The van der Waals surface area contributed by atoms with Crippen LogP contribution >= 0.6 is 0 Å². The molecule has 1 atom stereocenters. The number of allylic oxidation sites excluding steroid dienone is 2. The fraction of sp³-hybridized carbons (Fsp3) is 0.727. The molecule has 0 bridgehead atoms. The number of hydrogen-bond acceptors (Lipinski definition) is 2. The van der Waals surface area contributed by atoms with Crippen LogP contribution < -0.4 is 5.32 Å². The van der Waals surface area contributed by atoms with E-state index in [0.717, 1.165) is 25.4 Å². The summed E-state index contributed by atoms with van der Waals surface area (Å²) in [6.07, 6.45) is 10.0. The first-order valence-electron chi connectivity index (χ1n) is 5.16. The number of rotatable bonds is 5. The Morgan fingerprint density at radius 1 is 1.46 bits per heavy atom. The van der Waals surface area contributed by atoms with Gasteiger partial charge in [0.1, 0.15) is 0 Å². The van der Waals surface area contributed by atoms with Crippen molar-refractivity contribution in [3.8, 4) is 6.07 Å². The molecular formula is C11H18N2. The van der Waals surface area contributed by atoms with Crippen LogP contribution in [0.1, 0.15) is 32.1 Å². The SMILES string of the molecule is N#CCCCNCC1CC=CCC1. The summed E-state index contributed by atoms with van der Waals surface area (Å²) in [5.41, 5.74) is 0. The molecule has 1 N–H and O–H groups in total. The van der Waals surface area contributed by atoms with Gasteiger partial charge in [0.15, 0.2) is 0 Å². The summed E-state index contributed by atoms with van der Waals surface area (Å²) < 4.78 is 0. The van der Waals surface area contributed by atoms with Gasteiger partial charge in [0.25, 0.3) is 0 Å². The van der Waals surface area contributed by atoms with E-state index < -0.39 is 0 Å². The molecule has 2 heteroatoms. The van der Waals surface area contributed by atoms with Crippen LogP contribution in [-0.2, 0) is 0 Å². The van der Waals surface area contributed by atoms with Gasteiger partial charge in [-0.1, -0.05) is 12.2 Å². The Bertz CT molecular complexity index is 191. The van der Waals surface area contributed by atoms with Gasteiger partial charge >= 0.3 is 0 Å². The van der Waals surface area contributed by atoms with Gasteiger partial charge in [-0.3, -0.25) is 0 Å². The summed E-state index contributed by atoms with van der Waals surface area (Å²) >= 11 is 0. The fourth-order valence-electron chi connectivity index (χ4n) is 1.64. The summed E-state index contributed by atoms with van der Waals surface area (Å²) in [5.74, 6) is 0.826. The average Bonchev–Trinajstić information content (AvgIpc) is 2.19. The third-order valence-corrected chi connectivity index (χ3v) is 2.45. The molecule has 0 heterocycles. The predicted octanol–water partition coefficient (Wildman–Crippen LogP) is 2.24. The second kappa shape index (κ2) is 6.68. The first-order chi connectivity index (χ1) is 6.43. The molecule has 0 saturated heterocycles. The van der Waals surface area contributed by atoms with Crippen LogP contribution in [0.3, 0.4) is 0 Å². The van der Waals surface area contributed by atoms with Gasteiger partial charge in [0, 0.05) is 6.42 Å². The van der Waals surface area contributed by atoms with Crippen LogP contribution in [0.15, 0.2) is 12.2 Å². The number of nitrogens with one attached hydrogen (secondary N) is 1. The van der Waals surface area contributed by atoms with Crippen LogP contribution in [0.2, 0.25) is 0 Å². The van der Waals surface area contributed by atoms with Crippen molar-refractivity contribution in [2.45, 2.75) is 32.1 Å². The zero-order chi connectivity index (χ0) is 9.36. The van der Waals surface area contributed by atoms with Crippen molar-refractivity contribution < 1.29 is 0 Å². The van der Waals surface area contributed by atoms with Crippen LogP contribution in [0, 0.1) is 17.2 Å². The Balaban J connectivity index is 1.93. The van der Waals surface area contributed by atoms with E-state index in [1.807, 2.05) is 0 Å². The van der Waals surface area contributed by atoms with Crippen molar-refractivity contribution in [3.63, 3.8) is 0 Å². The first-order valence-corrected chi connectivity index (χ1v) is 5.16. The van der Waals surface area contributed by atoms with Crippen LogP contribution in [-0.4, -0.2) is 13.1 Å². The van der Waals surface area contributed by atoms with E-state index in [0.29, 0.717) is 6.42 Å². The topological polar surface area (TPSA) is 35.8 Å². The lowest BCUT2D eigenvalue weighted by Crippen LogP contribution is -2.24. The van der Waals surface area contributed by atoms with Crippen LogP contribution in [0.5, 0.6) is 0 Å². The third-order valence-electron chi connectivity index (χ3n) is 2.45. The Kier molecular flexibility index (Phi) is 5.28. The minimum atomic E-state index is 0.678. The maximum Gasteiger partial charge on any atom is 0.0622 e. The summed E-state index contributed by atoms with van der Waals surface area (Å²) in [7, 11) is 0. The van der Waals surface area contributed by atoms with Gasteiger partial charge < -0.3 is 5.32 Å². The second-order valence-electron chi connectivity index (χ2n) is 3.62. The molecule has 0 aromatic carbocycles. The molecule has 0 amide bonds. The molecule has 13 heavy (non-hydrogen) atoms. The molecular weight excluding hydrogens is 160 g/mol. The molecule has 0 saturated carbocycles. The molecule has 0 fully saturated rings. The molecule has 1 aliphatic carbocycles. The zero-order valence-electron chi connectivity index (χ0n) is 8.13. The molecule has 1 unspecified atom stereocenters. The fourth-order valence-corrected chi connectivity index (χ4v) is 1.64. The quantitative estimate of drug-likeness (QED) is 0.517. The van der Waals surface area contributed by atoms with E-state index in [1.165, 1.54) is 19.3 Å². The third kappa shape index (κ3) is 4.69. The summed E-state index contributed by atoms with van der Waals surface area (Å²) in [6, 6.07) is 2.15. The van der Waals surface area contributed by atoms with Gasteiger partial charge in [-0.15, -0.1) is 0 Å². The molecule has 1 rings (SSSR count). The Morgan fingerprint density at radius 3 is 3.08 bits per heavy atom. The standard InChI is InChI=1S/C11H18N2/c12-8-4-5-9-13-10-11-6-2-1-3-7-11/h1-2,11,13H,3-7,9-10H2. The van der Waals surface area contributed by atoms with Gasteiger partial charge in [0.05, 0.1) is 6.07 Å². The lowest BCUT2D eigenvalue weighted by molar-refractivity contribution is 0.440. The van der Waals surface area contributed by atoms with E-state index in [2.05, 4.69) is 23.5 Å². The van der Waals surface area contributed by atoms with Crippen molar-refractivity contribution in [1.82, 2.24) is 5.32 Å². The number of hydrogen-bond donors (Lipinski definition) is 1. The molecule has 0 aromatic heterocycles. The van der Waals surface area contributed by atoms with E-state index in [4.69, 9.17) is 5.26 Å². The highest BCUT2D eigenvalue weighted by Crippen LogP contribution is 2.16. The molecule has 2 nitrogen and oxygen atoms in total. The average molecular weight is 178 g/mol. The number of nitriles is 1. The minimum absolute atomic E-state index is 0.678. The molecule has 0 spiro atoms. The van der Waals surface area contributed by atoms with Crippen molar-refractivity contribution in [1.29, 1.82) is 5.26 Å². The summed E-state index contributed by atoms with van der Waals surface area (Å²) in [6.45, 7) is 2.11. The molecule has 1 aliphatic rings. The molecule has 0 radical (unpaired) electrons. The van der Waals surface area contributed by atoms with Gasteiger partial charge in [0.2, 0.25) is 0 Å². The van der Waals surface area contributed by atoms with Crippen molar-refractivity contribution >= 4 is 0 Å². The summed E-state index contributed by atoms with van der Waals surface area (Å²) in [5, 5.41) is 11.7. The Hall–Kier alpha value is -0.810. The molecule has 72 valence electrons. The lowest BCUT2D eigenvalue weighted by Gasteiger charge is -2.17.